The van der Waals surface area contributed by atoms with Gasteiger partial charge in [-0.25, -0.2) is 0 Å². The van der Waals surface area contributed by atoms with Gasteiger partial charge in [-0.3, -0.25) is 0 Å². The second-order valence-electron chi connectivity index (χ2n) is 33.5. The minimum Gasteiger partial charge on any atom is -0.311 e. The first kappa shape index (κ1) is 56.7. The van der Waals surface area contributed by atoms with Crippen LogP contribution < -0.4 is 25.5 Å². The maximum atomic E-state index is 2.86. The molecule has 0 spiro atoms. The number of hydrogen-bond donors (Lipinski definition) is 0. The van der Waals surface area contributed by atoms with Crippen LogP contribution in [0.2, 0.25) is 0 Å². The standard InChI is InChI=1S/C82H90BN3S/c1-75(2,3)50-24-29-54(30-25-50)84-65-33-28-51(76(4,5)6)40-64(65)83-72-69(84)43-55(85-66-41-52(77(7,8)9)26-31-56(66)57-32-27-53(42-67(57)85)78(10,11)12)44-70(72)86(73-59-46-62-63(48-71(59)87-74(73)83)82(18)38-36-81(62,17)37-39-82)68-47-61-60(79(13,14)34-35-80(61,15)16)45-58(68)49-22-20-19-21-23-49/h19-33,40-48H,34-39H2,1-18H3. The number of hydrogen-bond acceptors (Lipinski definition) is 3. The van der Waals surface area contributed by atoms with E-state index in [1.165, 1.54) is 158 Å². The van der Waals surface area contributed by atoms with Crippen molar-refractivity contribution in [3.63, 3.8) is 0 Å². The Labute approximate surface area is 524 Å². The minimum absolute atomic E-state index is 0.000740. The highest BCUT2D eigenvalue weighted by molar-refractivity contribution is 7.33. The first-order chi connectivity index (χ1) is 40.8. The summed E-state index contributed by atoms with van der Waals surface area (Å²) in [5.74, 6) is 0. The Morgan fingerprint density at radius 3 is 1.45 bits per heavy atom. The Morgan fingerprint density at radius 2 is 0.897 bits per heavy atom. The number of thiophene rings is 1. The number of benzene rings is 8. The lowest BCUT2D eigenvalue weighted by molar-refractivity contribution is 0.188. The van der Waals surface area contributed by atoms with Crippen LogP contribution in [0.15, 0.2) is 146 Å². The smallest absolute Gasteiger partial charge is 0.264 e. The van der Waals surface area contributed by atoms with Crippen LogP contribution >= 0.6 is 11.3 Å². The molecule has 5 heteroatoms. The average Bonchev–Trinajstić information content (AvgIpc) is 1.67. The molecule has 2 bridgehead atoms. The Balaban J connectivity index is 1.16. The lowest BCUT2D eigenvalue weighted by Gasteiger charge is -2.52. The van der Waals surface area contributed by atoms with E-state index in [2.05, 4.69) is 296 Å². The van der Waals surface area contributed by atoms with Crippen molar-refractivity contribution in [2.24, 2.45) is 0 Å². The normalized spacial score (nSPS) is 20.2. The quantitative estimate of drug-likeness (QED) is 0.163. The van der Waals surface area contributed by atoms with Gasteiger partial charge in [0.25, 0.3) is 6.71 Å². The molecule has 2 aromatic heterocycles. The monoisotopic (exact) mass is 1160 g/mol. The van der Waals surface area contributed by atoms with E-state index in [4.69, 9.17) is 0 Å². The van der Waals surface area contributed by atoms with E-state index in [1.54, 1.807) is 11.1 Å². The molecule has 1 fully saturated rings. The van der Waals surface area contributed by atoms with Crippen molar-refractivity contribution in [2.75, 3.05) is 9.80 Å². The molecule has 6 aliphatic rings. The van der Waals surface area contributed by atoms with E-state index in [1.807, 2.05) is 0 Å². The van der Waals surface area contributed by atoms with Crippen LogP contribution in [0.4, 0.5) is 34.1 Å². The summed E-state index contributed by atoms with van der Waals surface area (Å²) in [6, 6.07) is 59.4. The highest BCUT2D eigenvalue weighted by Crippen LogP contribution is 2.60. The fourth-order valence-electron chi connectivity index (χ4n) is 16.5. The third kappa shape index (κ3) is 8.53. The maximum Gasteiger partial charge on any atom is 0.264 e. The zero-order valence-electron chi connectivity index (χ0n) is 55.4. The van der Waals surface area contributed by atoms with E-state index < -0.39 is 0 Å². The first-order valence-corrected chi connectivity index (χ1v) is 33.6. The third-order valence-corrected chi connectivity index (χ3v) is 23.7. The van der Waals surface area contributed by atoms with Crippen LogP contribution in [0.25, 0.3) is 48.7 Å². The molecule has 1 saturated carbocycles. The summed E-state index contributed by atoms with van der Waals surface area (Å²) in [6.07, 6.45) is 7.29. The fraction of sp³-hybridized carbons (Fsp3) is 0.390. The summed E-state index contributed by atoms with van der Waals surface area (Å²) in [7, 11) is 0. The molecule has 10 aromatic rings. The highest BCUT2D eigenvalue weighted by atomic mass is 32.1. The van der Waals surface area contributed by atoms with Gasteiger partial charge < -0.3 is 14.4 Å². The van der Waals surface area contributed by atoms with E-state index in [9.17, 15) is 0 Å². The molecule has 3 nitrogen and oxygen atoms in total. The lowest BCUT2D eigenvalue weighted by atomic mass is 9.36. The average molecular weight is 1160 g/mol. The van der Waals surface area contributed by atoms with Crippen LogP contribution in [-0.2, 0) is 43.3 Å². The molecular formula is C82H90BN3S. The van der Waals surface area contributed by atoms with Crippen molar-refractivity contribution >= 4 is 99.8 Å². The van der Waals surface area contributed by atoms with Gasteiger partial charge in [-0.05, 0) is 210 Å². The Hall–Kier alpha value is -6.82. The number of aromatic nitrogens is 1. The molecule has 0 N–H and O–H groups in total. The molecule has 0 unspecified atom stereocenters. The summed E-state index contributed by atoms with van der Waals surface area (Å²) in [6.45, 7) is 43.5. The molecule has 2 aliphatic heterocycles. The zero-order chi connectivity index (χ0) is 61.2. The Morgan fingerprint density at radius 1 is 0.402 bits per heavy atom. The van der Waals surface area contributed by atoms with Gasteiger partial charge in [0.1, 0.15) is 0 Å². The van der Waals surface area contributed by atoms with Crippen molar-refractivity contribution in [1.82, 2.24) is 4.57 Å². The van der Waals surface area contributed by atoms with Gasteiger partial charge in [-0.1, -0.05) is 203 Å². The van der Waals surface area contributed by atoms with Gasteiger partial charge >= 0.3 is 0 Å². The van der Waals surface area contributed by atoms with Crippen LogP contribution in [-0.4, -0.2) is 11.3 Å². The van der Waals surface area contributed by atoms with Crippen molar-refractivity contribution in [2.45, 2.75) is 206 Å². The predicted molar refractivity (Wildman–Crippen MR) is 379 cm³/mol. The van der Waals surface area contributed by atoms with Crippen LogP contribution in [0.1, 0.15) is 208 Å². The number of anilines is 6. The lowest BCUT2D eigenvalue weighted by Crippen LogP contribution is -2.60. The summed E-state index contributed by atoms with van der Waals surface area (Å²) in [5, 5.41) is 3.97. The van der Waals surface area contributed by atoms with Crippen molar-refractivity contribution in [3.05, 3.63) is 190 Å². The SMILES string of the molecule is CC(C)(C)c1ccc(N2c3ccc(C(C)(C)C)cc3B3c4sc5cc6c(cc5c4N(c4cc5c(cc4-c4ccccc4)C(C)(C)CCC5(C)C)c4cc(-n5c7cc(C(C)(C)C)ccc7c7ccc(C(C)(C)C)cc75)cc2c43)C2(C)CCC6(C)CC2)cc1. The third-order valence-electron chi connectivity index (χ3n) is 22.5. The first-order valence-electron chi connectivity index (χ1n) is 32.8. The minimum atomic E-state index is -0.0727. The zero-order valence-corrected chi connectivity index (χ0v) is 56.2. The second kappa shape index (κ2) is 18.4. The molecule has 4 heterocycles. The van der Waals surface area contributed by atoms with Gasteiger partial charge in [-0.15, -0.1) is 11.3 Å². The molecule has 0 radical (unpaired) electrons. The van der Waals surface area contributed by atoms with Crippen molar-refractivity contribution < 1.29 is 0 Å². The number of rotatable bonds is 4. The molecule has 0 atom stereocenters. The summed E-state index contributed by atoms with van der Waals surface area (Å²) in [4.78, 5) is 5.53. The second-order valence-corrected chi connectivity index (χ2v) is 34.6. The van der Waals surface area contributed by atoms with E-state index in [-0.39, 0.29) is 50.0 Å². The van der Waals surface area contributed by atoms with Gasteiger partial charge in [0.05, 0.1) is 28.1 Å². The van der Waals surface area contributed by atoms with Crippen molar-refractivity contribution in [3.8, 4) is 16.8 Å². The van der Waals surface area contributed by atoms with Gasteiger partial charge in [0.15, 0.2) is 0 Å². The summed E-state index contributed by atoms with van der Waals surface area (Å²) >= 11 is 2.09. The largest absolute Gasteiger partial charge is 0.311 e. The molecule has 0 saturated heterocycles. The van der Waals surface area contributed by atoms with Gasteiger partial charge in [0, 0.05) is 53.9 Å². The van der Waals surface area contributed by atoms with E-state index in [0.717, 1.165) is 12.8 Å². The number of fused-ring (bicyclic) bond motifs is 12. The summed E-state index contributed by atoms with van der Waals surface area (Å²) < 4.78 is 5.53. The molecule has 16 rings (SSSR count). The summed E-state index contributed by atoms with van der Waals surface area (Å²) in [5.41, 5.74) is 28.2. The molecule has 4 aliphatic carbocycles. The Bertz CT molecular complexity index is 4450. The van der Waals surface area contributed by atoms with Crippen LogP contribution in [0, 0.1) is 0 Å². The molecule has 442 valence electrons. The molecule has 0 amide bonds. The van der Waals surface area contributed by atoms with Crippen molar-refractivity contribution in [1.29, 1.82) is 0 Å². The number of nitrogens with zero attached hydrogens (tertiary/aromatic N) is 3. The molecular weight excluding hydrogens is 1070 g/mol. The van der Waals surface area contributed by atoms with Crippen LogP contribution in [0.3, 0.4) is 0 Å². The fourth-order valence-corrected chi connectivity index (χ4v) is 17.8. The molecule has 8 aromatic carbocycles. The topological polar surface area (TPSA) is 11.4 Å². The van der Waals surface area contributed by atoms with Crippen LogP contribution in [0.5, 0.6) is 0 Å². The Kier molecular flexibility index (Phi) is 12.0. The van der Waals surface area contributed by atoms with Gasteiger partial charge in [-0.2, -0.15) is 0 Å². The van der Waals surface area contributed by atoms with E-state index >= 15 is 0 Å². The van der Waals surface area contributed by atoms with Gasteiger partial charge in [0.2, 0.25) is 0 Å². The highest BCUT2D eigenvalue weighted by Gasteiger charge is 2.51. The van der Waals surface area contributed by atoms with E-state index in [0.29, 0.717) is 0 Å². The maximum absolute atomic E-state index is 2.86. The molecule has 87 heavy (non-hydrogen) atoms. The predicted octanol–water partition coefficient (Wildman–Crippen LogP) is 21.4.